The Morgan fingerprint density at radius 1 is 1.64 bits per heavy atom. The predicted octanol–water partition coefficient (Wildman–Crippen LogP) is 0.479. The fourth-order valence-electron chi connectivity index (χ4n) is 0.383. The molecule has 0 heterocycles. The number of hydrogen-bond acceptors (Lipinski definition) is 3. The first-order valence-electron chi connectivity index (χ1n) is 2.55. The molecule has 0 amide bonds. The average molecular weight is 189 g/mol. The second kappa shape index (κ2) is 3.82. The Hall–Kier alpha value is -0.430. The largest absolute Gasteiger partial charge is 0.480 e. The first kappa shape index (κ1) is 10.6. The third kappa shape index (κ3) is 4.91. The maximum absolute atomic E-state index is 11.4. The van der Waals surface area contributed by atoms with Crippen LogP contribution in [0.25, 0.3) is 0 Å². The van der Waals surface area contributed by atoms with Crippen LogP contribution >= 0.6 is 12.6 Å². The third-order valence-electron chi connectivity index (χ3n) is 0.819. The Balaban J connectivity index is 3.99. The van der Waals surface area contributed by atoms with Crippen LogP contribution in [0.4, 0.5) is 13.2 Å². The van der Waals surface area contributed by atoms with Gasteiger partial charge in [0.05, 0.1) is 0 Å². The smallest absolute Gasteiger partial charge is 0.458 e. The molecule has 66 valence electrons. The van der Waals surface area contributed by atoms with Crippen LogP contribution in [0.1, 0.15) is 0 Å². The molecule has 0 aliphatic heterocycles. The monoisotopic (exact) mass is 189 g/mol. The van der Waals surface area contributed by atoms with Gasteiger partial charge in [-0.3, -0.25) is 4.79 Å². The summed E-state index contributed by atoms with van der Waals surface area (Å²) < 4.78 is 34.3. The van der Waals surface area contributed by atoms with Crippen molar-refractivity contribution in [2.45, 2.75) is 12.3 Å². The lowest BCUT2D eigenvalue weighted by Crippen LogP contribution is -2.46. The van der Waals surface area contributed by atoms with Gasteiger partial charge in [0.15, 0.2) is 0 Å². The molecule has 3 nitrogen and oxygen atoms in total. The number of nitrogens with one attached hydrogen (secondary N) is 1. The number of thiol groups is 1. The van der Waals surface area contributed by atoms with E-state index in [9.17, 15) is 18.0 Å². The number of halogens is 3. The summed E-state index contributed by atoms with van der Waals surface area (Å²) >= 11 is 3.42. The van der Waals surface area contributed by atoms with Crippen LogP contribution in [-0.2, 0) is 4.79 Å². The molecule has 0 aliphatic rings. The van der Waals surface area contributed by atoms with E-state index < -0.39 is 24.1 Å². The molecule has 11 heavy (non-hydrogen) atoms. The van der Waals surface area contributed by atoms with Crippen LogP contribution in [0.3, 0.4) is 0 Å². The molecule has 0 saturated heterocycles. The fourth-order valence-corrected chi connectivity index (χ4v) is 0.631. The number of hydrogen-bond donors (Lipinski definition) is 3. The maximum Gasteiger partial charge on any atom is 0.458 e. The summed E-state index contributed by atoms with van der Waals surface area (Å²) in [4.78, 5) is 10.00. The number of alkyl halides is 3. The van der Waals surface area contributed by atoms with Crippen LogP contribution in [-0.4, -0.2) is 29.2 Å². The van der Waals surface area contributed by atoms with Gasteiger partial charge < -0.3 is 5.11 Å². The van der Waals surface area contributed by atoms with Gasteiger partial charge in [0.2, 0.25) is 0 Å². The maximum atomic E-state index is 11.4. The Morgan fingerprint density at radius 3 is 2.18 bits per heavy atom. The summed E-state index contributed by atoms with van der Waals surface area (Å²) in [6.07, 6.45) is -4.67. The summed E-state index contributed by atoms with van der Waals surface area (Å²) in [6.45, 7) is 0. The van der Waals surface area contributed by atoms with Gasteiger partial charge in [-0.1, -0.05) is 0 Å². The zero-order chi connectivity index (χ0) is 9.07. The minimum atomic E-state index is -4.67. The molecule has 0 aromatic carbocycles. The van der Waals surface area contributed by atoms with Gasteiger partial charge in [0.25, 0.3) is 0 Å². The SMILES string of the molecule is O=C(O)C(CS)NC(F)(F)F. The molecule has 2 N–H and O–H groups in total. The van der Waals surface area contributed by atoms with Crippen molar-refractivity contribution in [2.75, 3.05) is 5.75 Å². The highest BCUT2D eigenvalue weighted by atomic mass is 32.1. The minimum Gasteiger partial charge on any atom is -0.480 e. The predicted molar refractivity (Wildman–Crippen MR) is 34.5 cm³/mol. The lowest BCUT2D eigenvalue weighted by Gasteiger charge is -2.13. The number of carboxylic acids is 1. The molecule has 0 rings (SSSR count). The molecule has 1 unspecified atom stereocenters. The van der Waals surface area contributed by atoms with Crippen molar-refractivity contribution >= 4 is 18.6 Å². The lowest BCUT2D eigenvalue weighted by molar-refractivity contribution is -0.172. The molecule has 0 aromatic rings. The highest BCUT2D eigenvalue weighted by Gasteiger charge is 2.33. The highest BCUT2D eigenvalue weighted by molar-refractivity contribution is 7.80. The van der Waals surface area contributed by atoms with E-state index in [1.807, 2.05) is 0 Å². The minimum absolute atomic E-state index is 0.408. The quantitative estimate of drug-likeness (QED) is 0.447. The molecule has 0 spiro atoms. The van der Waals surface area contributed by atoms with Crippen LogP contribution < -0.4 is 5.32 Å². The second-order valence-corrected chi connectivity index (χ2v) is 2.08. The van der Waals surface area contributed by atoms with E-state index >= 15 is 0 Å². The van der Waals surface area contributed by atoms with Crippen molar-refractivity contribution in [3.63, 3.8) is 0 Å². The van der Waals surface area contributed by atoms with Gasteiger partial charge in [-0.05, 0) is 0 Å². The molecular formula is C4H6F3NO2S. The molecule has 0 saturated carbocycles. The molecule has 0 bridgehead atoms. The Morgan fingerprint density at radius 2 is 2.09 bits per heavy atom. The van der Waals surface area contributed by atoms with E-state index in [4.69, 9.17) is 5.11 Å². The number of carboxylic acid groups (broad SMARTS) is 1. The van der Waals surface area contributed by atoms with E-state index in [1.54, 1.807) is 0 Å². The Bertz CT molecular complexity index is 149. The van der Waals surface area contributed by atoms with Crippen LogP contribution in [0, 0.1) is 0 Å². The highest BCUT2D eigenvalue weighted by Crippen LogP contribution is 2.11. The van der Waals surface area contributed by atoms with E-state index in [0.29, 0.717) is 0 Å². The normalized spacial score (nSPS) is 14.5. The molecular weight excluding hydrogens is 183 g/mol. The van der Waals surface area contributed by atoms with Crippen molar-refractivity contribution in [3.8, 4) is 0 Å². The molecule has 0 fully saturated rings. The van der Waals surface area contributed by atoms with Crippen molar-refractivity contribution in [1.29, 1.82) is 0 Å². The first-order valence-corrected chi connectivity index (χ1v) is 3.18. The fraction of sp³-hybridized carbons (Fsp3) is 0.750. The lowest BCUT2D eigenvalue weighted by atomic mass is 10.3. The summed E-state index contributed by atoms with van der Waals surface area (Å²) in [6, 6.07) is -1.68. The van der Waals surface area contributed by atoms with Crippen molar-refractivity contribution in [1.82, 2.24) is 5.32 Å². The number of carbonyl (C=O) groups is 1. The summed E-state index contributed by atoms with van der Waals surface area (Å²) in [5.74, 6) is -1.98. The van der Waals surface area contributed by atoms with Crippen molar-refractivity contribution in [3.05, 3.63) is 0 Å². The zero-order valence-corrected chi connectivity index (χ0v) is 6.12. The zero-order valence-electron chi connectivity index (χ0n) is 5.22. The third-order valence-corrected chi connectivity index (χ3v) is 1.18. The topological polar surface area (TPSA) is 49.3 Å². The van der Waals surface area contributed by atoms with Gasteiger partial charge in [0.1, 0.15) is 6.04 Å². The van der Waals surface area contributed by atoms with Gasteiger partial charge in [-0.15, -0.1) is 0 Å². The number of rotatable bonds is 3. The summed E-state index contributed by atoms with van der Waals surface area (Å²) in [5.41, 5.74) is 0. The molecule has 0 aliphatic carbocycles. The second-order valence-electron chi connectivity index (χ2n) is 1.72. The summed E-state index contributed by atoms with van der Waals surface area (Å²) in [7, 11) is 0. The van der Waals surface area contributed by atoms with Gasteiger partial charge >= 0.3 is 12.3 Å². The first-order chi connectivity index (χ1) is 4.87. The van der Waals surface area contributed by atoms with Gasteiger partial charge in [0, 0.05) is 5.75 Å². The molecule has 1 atom stereocenters. The number of aliphatic carboxylic acids is 1. The van der Waals surface area contributed by atoms with Gasteiger partial charge in [-0.2, -0.15) is 25.8 Å². The van der Waals surface area contributed by atoms with Crippen LogP contribution in [0.2, 0.25) is 0 Å². The van der Waals surface area contributed by atoms with E-state index in [0.717, 1.165) is 5.32 Å². The Kier molecular flexibility index (Phi) is 3.67. The standard InChI is InChI=1S/C4H6F3NO2S/c5-4(6,7)8-2(1-11)3(9)10/h2,8,11H,1H2,(H,9,10). The van der Waals surface area contributed by atoms with Gasteiger partial charge in [-0.25, -0.2) is 5.32 Å². The van der Waals surface area contributed by atoms with E-state index in [-0.39, 0.29) is 0 Å². The molecule has 0 radical (unpaired) electrons. The van der Waals surface area contributed by atoms with Crippen LogP contribution in [0.5, 0.6) is 0 Å². The molecule has 0 aromatic heterocycles. The van der Waals surface area contributed by atoms with Crippen molar-refractivity contribution in [2.24, 2.45) is 0 Å². The Labute approximate surface area is 66.0 Å². The average Bonchev–Trinajstić information content (AvgIpc) is 1.80. The summed E-state index contributed by atoms with van der Waals surface area (Å²) in [5, 5.41) is 9.05. The molecule has 7 heteroatoms. The van der Waals surface area contributed by atoms with E-state index in [2.05, 4.69) is 12.6 Å². The van der Waals surface area contributed by atoms with Crippen molar-refractivity contribution < 1.29 is 23.1 Å². The van der Waals surface area contributed by atoms with E-state index in [1.165, 1.54) is 0 Å². The van der Waals surface area contributed by atoms with Crippen LogP contribution in [0.15, 0.2) is 0 Å².